The van der Waals surface area contributed by atoms with Crippen LogP contribution in [0.5, 0.6) is 0 Å². The van der Waals surface area contributed by atoms with Gasteiger partial charge in [0.05, 0.1) is 10.6 Å². The van der Waals surface area contributed by atoms with E-state index in [1.54, 1.807) is 19.9 Å². The lowest BCUT2D eigenvalue weighted by Gasteiger charge is -1.98. The molecule has 0 fully saturated rings. The zero-order chi connectivity index (χ0) is 15.7. The van der Waals surface area contributed by atoms with Crippen LogP contribution in [0.25, 0.3) is 11.5 Å². The number of rotatable bonds is 4. The van der Waals surface area contributed by atoms with Crippen LogP contribution in [0, 0.1) is 10.1 Å². The fourth-order valence-electron chi connectivity index (χ4n) is 1.80. The van der Waals surface area contributed by atoms with Crippen LogP contribution in [-0.4, -0.2) is 21.0 Å². The topological polar surface area (TPSA) is 106 Å². The number of aromatic carboxylic acids is 1. The van der Waals surface area contributed by atoms with E-state index in [9.17, 15) is 14.9 Å². The molecule has 0 amide bonds. The number of carbonyl (C=O) groups is 1. The van der Waals surface area contributed by atoms with Crippen molar-refractivity contribution in [2.24, 2.45) is 0 Å². The van der Waals surface area contributed by atoms with E-state index in [0.29, 0.717) is 15.7 Å². The molecule has 0 radical (unpaired) electrons. The number of non-ortho nitro benzene ring substituents is 1. The van der Waals surface area contributed by atoms with Gasteiger partial charge in [0.2, 0.25) is 11.7 Å². The number of hydrogen-bond donors (Lipinski definition) is 1. The van der Waals surface area contributed by atoms with Crippen LogP contribution in [0.1, 0.15) is 36.0 Å². The summed E-state index contributed by atoms with van der Waals surface area (Å²) in [6.07, 6.45) is 0. The van der Waals surface area contributed by atoms with Gasteiger partial charge in [-0.05, 0) is 12.0 Å². The van der Waals surface area contributed by atoms with E-state index in [2.05, 4.69) is 20.9 Å². The molecule has 0 atom stereocenters. The second-order valence-corrected chi connectivity index (χ2v) is 5.56. The van der Waals surface area contributed by atoms with E-state index in [1.807, 2.05) is 0 Å². The highest BCUT2D eigenvalue weighted by Gasteiger charge is 2.23. The van der Waals surface area contributed by atoms with Crippen LogP contribution >= 0.6 is 15.9 Å². The molecule has 0 bridgehead atoms. The van der Waals surface area contributed by atoms with Crippen molar-refractivity contribution < 1.29 is 19.2 Å². The Bertz CT molecular complexity index is 723. The number of oxazole rings is 1. The number of aromatic nitrogens is 1. The molecule has 1 heterocycles. The van der Waals surface area contributed by atoms with Gasteiger partial charge < -0.3 is 9.52 Å². The number of carboxylic acids is 1. The first kappa shape index (κ1) is 15.2. The maximum Gasteiger partial charge on any atom is 0.373 e. The van der Waals surface area contributed by atoms with Gasteiger partial charge in [0.15, 0.2) is 0 Å². The quantitative estimate of drug-likeness (QED) is 0.660. The Morgan fingerprint density at radius 3 is 2.57 bits per heavy atom. The Balaban J connectivity index is 2.59. The van der Waals surface area contributed by atoms with Crippen molar-refractivity contribution in [2.45, 2.75) is 19.8 Å². The third kappa shape index (κ3) is 3.10. The zero-order valence-electron chi connectivity index (χ0n) is 11.2. The number of carboxylic acid groups (broad SMARTS) is 1. The summed E-state index contributed by atoms with van der Waals surface area (Å²) in [5, 5.41) is 20.0. The SMILES string of the molecule is CC(C)c1nc(-c2cc(Br)cc([N+](=O)[O-])c2)oc1C(=O)O. The lowest BCUT2D eigenvalue weighted by molar-refractivity contribution is -0.384. The third-order valence-corrected chi connectivity index (χ3v) is 3.19. The third-order valence-electron chi connectivity index (χ3n) is 2.73. The monoisotopic (exact) mass is 354 g/mol. The van der Waals surface area contributed by atoms with Crippen LogP contribution in [0.3, 0.4) is 0 Å². The Kier molecular flexibility index (Phi) is 4.08. The van der Waals surface area contributed by atoms with Crippen LogP contribution in [0.4, 0.5) is 5.69 Å². The molecule has 1 aromatic carbocycles. The number of nitro benzene ring substituents is 1. The van der Waals surface area contributed by atoms with Crippen LogP contribution in [0.2, 0.25) is 0 Å². The molecule has 0 aliphatic carbocycles. The molecule has 0 aliphatic rings. The number of nitro groups is 1. The molecule has 2 rings (SSSR count). The Morgan fingerprint density at radius 2 is 2.10 bits per heavy atom. The summed E-state index contributed by atoms with van der Waals surface area (Å²) in [5.74, 6) is -1.57. The van der Waals surface area contributed by atoms with E-state index in [4.69, 9.17) is 9.52 Å². The standard InChI is InChI=1S/C13H11BrN2O5/c1-6(2)10-11(13(17)18)21-12(15-10)7-3-8(14)5-9(4-7)16(19)20/h3-6H,1-2H3,(H,17,18). The van der Waals surface area contributed by atoms with Gasteiger partial charge in [0.25, 0.3) is 5.69 Å². The van der Waals surface area contributed by atoms with E-state index in [0.717, 1.165) is 0 Å². The first-order valence-electron chi connectivity index (χ1n) is 5.99. The summed E-state index contributed by atoms with van der Waals surface area (Å²) in [4.78, 5) is 25.6. The van der Waals surface area contributed by atoms with E-state index >= 15 is 0 Å². The van der Waals surface area contributed by atoms with Crippen molar-refractivity contribution in [3.8, 4) is 11.5 Å². The fourth-order valence-corrected chi connectivity index (χ4v) is 2.28. The van der Waals surface area contributed by atoms with Gasteiger partial charge in [-0.25, -0.2) is 9.78 Å². The number of halogens is 1. The summed E-state index contributed by atoms with van der Waals surface area (Å²) in [7, 11) is 0. The Morgan fingerprint density at radius 1 is 1.43 bits per heavy atom. The minimum absolute atomic E-state index is 0.0421. The molecule has 1 N–H and O–H groups in total. The van der Waals surface area contributed by atoms with Gasteiger partial charge in [-0.2, -0.15) is 0 Å². The summed E-state index contributed by atoms with van der Waals surface area (Å²) < 4.78 is 5.74. The fraction of sp³-hybridized carbons (Fsp3) is 0.231. The smallest absolute Gasteiger partial charge is 0.373 e. The molecule has 110 valence electrons. The predicted octanol–water partition coefficient (Wildman–Crippen LogP) is 3.83. The van der Waals surface area contributed by atoms with Gasteiger partial charge in [0, 0.05) is 22.2 Å². The average molecular weight is 355 g/mol. The Labute approximate surface area is 127 Å². The van der Waals surface area contributed by atoms with Gasteiger partial charge in [0.1, 0.15) is 0 Å². The van der Waals surface area contributed by atoms with Crippen molar-refractivity contribution in [2.75, 3.05) is 0 Å². The highest BCUT2D eigenvalue weighted by Crippen LogP contribution is 2.31. The van der Waals surface area contributed by atoms with E-state index in [-0.39, 0.29) is 23.3 Å². The highest BCUT2D eigenvalue weighted by molar-refractivity contribution is 9.10. The predicted molar refractivity (Wildman–Crippen MR) is 77.3 cm³/mol. The van der Waals surface area contributed by atoms with Gasteiger partial charge >= 0.3 is 5.97 Å². The average Bonchev–Trinajstić information content (AvgIpc) is 2.83. The minimum atomic E-state index is -1.22. The maximum absolute atomic E-state index is 11.2. The van der Waals surface area contributed by atoms with Crippen LogP contribution in [0.15, 0.2) is 27.1 Å². The van der Waals surface area contributed by atoms with E-state index in [1.165, 1.54) is 12.1 Å². The number of benzene rings is 1. The van der Waals surface area contributed by atoms with Gasteiger partial charge in [-0.3, -0.25) is 10.1 Å². The van der Waals surface area contributed by atoms with Gasteiger partial charge in [-0.1, -0.05) is 29.8 Å². The first-order valence-corrected chi connectivity index (χ1v) is 6.78. The van der Waals surface area contributed by atoms with Crippen LogP contribution < -0.4 is 0 Å². The molecule has 0 aliphatic heterocycles. The summed E-state index contributed by atoms with van der Waals surface area (Å²) in [5.41, 5.74) is 0.506. The molecule has 0 saturated carbocycles. The second-order valence-electron chi connectivity index (χ2n) is 4.65. The molecule has 21 heavy (non-hydrogen) atoms. The van der Waals surface area contributed by atoms with E-state index < -0.39 is 10.9 Å². The molecule has 1 aromatic heterocycles. The molecule has 7 nitrogen and oxygen atoms in total. The van der Waals surface area contributed by atoms with Crippen LogP contribution in [-0.2, 0) is 0 Å². The largest absolute Gasteiger partial charge is 0.475 e. The van der Waals surface area contributed by atoms with Crippen molar-refractivity contribution >= 4 is 27.6 Å². The van der Waals surface area contributed by atoms with Crippen molar-refractivity contribution in [1.29, 1.82) is 0 Å². The van der Waals surface area contributed by atoms with Crippen molar-refractivity contribution in [3.63, 3.8) is 0 Å². The molecule has 2 aromatic rings. The first-order chi connectivity index (χ1) is 9.79. The van der Waals surface area contributed by atoms with Gasteiger partial charge in [-0.15, -0.1) is 0 Å². The highest BCUT2D eigenvalue weighted by atomic mass is 79.9. The maximum atomic E-state index is 11.2. The summed E-state index contributed by atoms with van der Waals surface area (Å²) >= 11 is 3.17. The number of nitrogens with zero attached hydrogens (tertiary/aromatic N) is 2. The Hall–Kier alpha value is -2.22. The summed E-state index contributed by atoms with van der Waals surface area (Å²) in [6, 6.07) is 4.20. The number of hydrogen-bond acceptors (Lipinski definition) is 5. The molecule has 8 heteroatoms. The summed E-state index contributed by atoms with van der Waals surface area (Å²) in [6.45, 7) is 3.58. The second kappa shape index (κ2) is 5.65. The minimum Gasteiger partial charge on any atom is -0.475 e. The molecule has 0 spiro atoms. The molecule has 0 unspecified atom stereocenters. The van der Waals surface area contributed by atoms with Crippen molar-refractivity contribution in [1.82, 2.24) is 4.98 Å². The zero-order valence-corrected chi connectivity index (χ0v) is 12.7. The molecular weight excluding hydrogens is 344 g/mol. The molecular formula is C13H11BrN2O5. The molecule has 0 saturated heterocycles. The lowest BCUT2D eigenvalue weighted by Crippen LogP contribution is -2.01. The van der Waals surface area contributed by atoms with Crippen molar-refractivity contribution in [3.05, 3.63) is 44.2 Å². The lowest BCUT2D eigenvalue weighted by atomic mass is 10.1. The normalized spacial score (nSPS) is 10.9.